The number of phenols is 1. The Kier molecular flexibility index (Phi) is 3.53. The zero-order valence-electron chi connectivity index (χ0n) is 11.9. The number of rotatable bonds is 1. The van der Waals surface area contributed by atoms with Crippen LogP contribution in [0, 0.1) is 5.92 Å². The normalized spacial score (nSPS) is 32.6. The fourth-order valence-electron chi connectivity index (χ4n) is 4.38. The molecular formula is C17H25NO. The number of phenolic OH excluding ortho intramolecular Hbond substituents is 1. The molecule has 1 aromatic rings. The molecule has 104 valence electrons. The molecule has 1 aromatic carbocycles. The zero-order valence-corrected chi connectivity index (χ0v) is 11.9. The maximum Gasteiger partial charge on any atom is 0.115 e. The standard InChI is InChI=1S/C17H25NO/c1-18-11-5-10-17(9-3-2-6-15(17)13-18)14-7-4-8-16(19)12-14/h4,7-8,12,15,19H,2-3,5-6,9-11,13H2,1H3/t15-,17-/m0/s1. The van der Waals surface area contributed by atoms with E-state index in [2.05, 4.69) is 18.0 Å². The van der Waals surface area contributed by atoms with Gasteiger partial charge in [0.25, 0.3) is 0 Å². The minimum Gasteiger partial charge on any atom is -0.508 e. The second kappa shape index (κ2) is 5.16. The summed E-state index contributed by atoms with van der Waals surface area (Å²) in [6, 6.07) is 8.06. The van der Waals surface area contributed by atoms with Crippen molar-refractivity contribution < 1.29 is 5.11 Å². The Bertz CT molecular complexity index is 445. The number of nitrogens with zero attached hydrogens (tertiary/aromatic N) is 1. The van der Waals surface area contributed by atoms with Crippen LogP contribution < -0.4 is 0 Å². The van der Waals surface area contributed by atoms with Crippen LogP contribution in [0.5, 0.6) is 5.75 Å². The Balaban J connectivity index is 2.00. The third-order valence-corrected chi connectivity index (χ3v) is 5.32. The number of fused-ring (bicyclic) bond motifs is 1. The first-order chi connectivity index (χ1) is 9.21. The molecule has 19 heavy (non-hydrogen) atoms. The van der Waals surface area contributed by atoms with Crippen LogP contribution in [0.3, 0.4) is 0 Å². The van der Waals surface area contributed by atoms with Crippen molar-refractivity contribution in [1.82, 2.24) is 4.90 Å². The minimum atomic E-state index is 0.321. The lowest BCUT2D eigenvalue weighted by Gasteiger charge is -2.44. The molecule has 1 aliphatic heterocycles. The Labute approximate surface area is 116 Å². The molecule has 2 heteroatoms. The summed E-state index contributed by atoms with van der Waals surface area (Å²) >= 11 is 0. The first kappa shape index (κ1) is 13.0. The fourth-order valence-corrected chi connectivity index (χ4v) is 4.38. The highest BCUT2D eigenvalue weighted by atomic mass is 16.3. The van der Waals surface area contributed by atoms with Crippen molar-refractivity contribution in [3.63, 3.8) is 0 Å². The molecule has 0 spiro atoms. The summed E-state index contributed by atoms with van der Waals surface area (Å²) in [7, 11) is 2.26. The summed E-state index contributed by atoms with van der Waals surface area (Å²) in [5, 5.41) is 9.84. The first-order valence-electron chi connectivity index (χ1n) is 7.69. The average Bonchev–Trinajstić information content (AvgIpc) is 2.57. The van der Waals surface area contributed by atoms with E-state index in [1.807, 2.05) is 12.1 Å². The predicted octanol–water partition coefficient (Wildman–Crippen LogP) is 3.55. The molecule has 0 amide bonds. The smallest absolute Gasteiger partial charge is 0.115 e. The van der Waals surface area contributed by atoms with E-state index in [-0.39, 0.29) is 0 Å². The summed E-state index contributed by atoms with van der Waals surface area (Å²) < 4.78 is 0. The van der Waals surface area contributed by atoms with Gasteiger partial charge in [0.15, 0.2) is 0 Å². The topological polar surface area (TPSA) is 23.5 Å². The van der Waals surface area contributed by atoms with Crippen LogP contribution in [-0.2, 0) is 5.41 Å². The SMILES string of the molecule is CN1CCC[C@]2(c3cccc(O)c3)CCCC[C@H]2C1. The quantitative estimate of drug-likeness (QED) is 0.833. The van der Waals surface area contributed by atoms with Gasteiger partial charge >= 0.3 is 0 Å². The summed E-state index contributed by atoms with van der Waals surface area (Å²) in [5.41, 5.74) is 1.70. The lowest BCUT2D eigenvalue weighted by Crippen LogP contribution is -2.41. The Hall–Kier alpha value is -1.02. The van der Waals surface area contributed by atoms with Crippen LogP contribution in [0.4, 0.5) is 0 Å². The molecule has 0 bridgehead atoms. The molecule has 2 aliphatic rings. The van der Waals surface area contributed by atoms with Crippen LogP contribution in [0.1, 0.15) is 44.1 Å². The third kappa shape index (κ3) is 2.38. The van der Waals surface area contributed by atoms with Gasteiger partial charge in [0.05, 0.1) is 0 Å². The molecule has 0 radical (unpaired) electrons. The summed E-state index contributed by atoms with van der Waals surface area (Å²) in [4.78, 5) is 2.50. The monoisotopic (exact) mass is 259 g/mol. The van der Waals surface area contributed by atoms with E-state index in [0.717, 1.165) is 5.92 Å². The first-order valence-corrected chi connectivity index (χ1v) is 7.69. The van der Waals surface area contributed by atoms with Crippen molar-refractivity contribution in [3.8, 4) is 5.75 Å². The molecule has 1 N–H and O–H groups in total. The lowest BCUT2D eigenvalue weighted by atomic mass is 9.61. The minimum absolute atomic E-state index is 0.321. The summed E-state index contributed by atoms with van der Waals surface area (Å²) in [5.74, 6) is 1.18. The van der Waals surface area contributed by atoms with E-state index in [0.29, 0.717) is 11.2 Å². The molecule has 2 fully saturated rings. The average molecular weight is 259 g/mol. The van der Waals surface area contributed by atoms with Gasteiger partial charge in [-0.3, -0.25) is 0 Å². The van der Waals surface area contributed by atoms with Crippen molar-refractivity contribution >= 4 is 0 Å². The van der Waals surface area contributed by atoms with Crippen LogP contribution in [0.15, 0.2) is 24.3 Å². The van der Waals surface area contributed by atoms with E-state index < -0.39 is 0 Å². The Morgan fingerprint density at radius 1 is 1.21 bits per heavy atom. The largest absolute Gasteiger partial charge is 0.508 e. The van der Waals surface area contributed by atoms with Gasteiger partial charge in [-0.15, -0.1) is 0 Å². The van der Waals surface area contributed by atoms with Gasteiger partial charge in [-0.1, -0.05) is 25.0 Å². The van der Waals surface area contributed by atoms with Gasteiger partial charge in [0.1, 0.15) is 5.75 Å². The van der Waals surface area contributed by atoms with Gasteiger partial charge in [0, 0.05) is 6.54 Å². The molecule has 1 aliphatic carbocycles. The fraction of sp³-hybridized carbons (Fsp3) is 0.647. The second-order valence-electron chi connectivity index (χ2n) is 6.51. The van der Waals surface area contributed by atoms with Gasteiger partial charge in [0.2, 0.25) is 0 Å². The number of benzene rings is 1. The van der Waals surface area contributed by atoms with Crippen molar-refractivity contribution in [1.29, 1.82) is 0 Å². The van der Waals surface area contributed by atoms with Gasteiger partial charge in [-0.2, -0.15) is 0 Å². The van der Waals surface area contributed by atoms with Gasteiger partial charge in [-0.25, -0.2) is 0 Å². The lowest BCUT2D eigenvalue weighted by molar-refractivity contribution is 0.156. The zero-order chi connectivity index (χ0) is 13.3. The van der Waals surface area contributed by atoms with Crippen LogP contribution >= 0.6 is 0 Å². The Morgan fingerprint density at radius 3 is 2.89 bits per heavy atom. The van der Waals surface area contributed by atoms with Crippen molar-refractivity contribution in [2.45, 2.75) is 43.9 Å². The van der Waals surface area contributed by atoms with Crippen LogP contribution in [0.2, 0.25) is 0 Å². The molecule has 2 nitrogen and oxygen atoms in total. The van der Waals surface area contributed by atoms with Crippen molar-refractivity contribution in [2.24, 2.45) is 5.92 Å². The van der Waals surface area contributed by atoms with E-state index in [4.69, 9.17) is 0 Å². The number of aromatic hydroxyl groups is 1. The molecule has 0 unspecified atom stereocenters. The summed E-state index contributed by atoms with van der Waals surface area (Å²) in [6.07, 6.45) is 7.93. The maximum absolute atomic E-state index is 9.84. The second-order valence-corrected chi connectivity index (χ2v) is 6.51. The molecule has 2 atom stereocenters. The molecule has 1 heterocycles. The molecule has 0 aromatic heterocycles. The van der Waals surface area contributed by atoms with E-state index in [1.54, 1.807) is 6.07 Å². The van der Waals surface area contributed by atoms with Crippen molar-refractivity contribution in [3.05, 3.63) is 29.8 Å². The molecule has 1 saturated heterocycles. The summed E-state index contributed by atoms with van der Waals surface area (Å²) in [6.45, 7) is 2.44. The van der Waals surface area contributed by atoms with Gasteiger partial charge < -0.3 is 10.0 Å². The highest BCUT2D eigenvalue weighted by Gasteiger charge is 2.43. The number of likely N-dealkylation sites (tertiary alicyclic amines) is 1. The predicted molar refractivity (Wildman–Crippen MR) is 78.5 cm³/mol. The third-order valence-electron chi connectivity index (χ3n) is 5.32. The van der Waals surface area contributed by atoms with E-state index in [1.165, 1.54) is 57.2 Å². The van der Waals surface area contributed by atoms with E-state index in [9.17, 15) is 5.11 Å². The highest BCUT2D eigenvalue weighted by molar-refractivity contribution is 5.34. The molecular weight excluding hydrogens is 234 g/mol. The van der Waals surface area contributed by atoms with Crippen molar-refractivity contribution in [2.75, 3.05) is 20.1 Å². The number of hydrogen-bond acceptors (Lipinski definition) is 2. The van der Waals surface area contributed by atoms with Crippen LogP contribution in [-0.4, -0.2) is 30.1 Å². The van der Waals surface area contributed by atoms with Gasteiger partial charge in [-0.05, 0) is 68.3 Å². The number of hydrogen-bond donors (Lipinski definition) is 1. The maximum atomic E-state index is 9.84. The molecule has 1 saturated carbocycles. The highest BCUT2D eigenvalue weighted by Crippen LogP contribution is 2.49. The van der Waals surface area contributed by atoms with Crippen LogP contribution in [0.25, 0.3) is 0 Å². The van der Waals surface area contributed by atoms with E-state index >= 15 is 0 Å². The Morgan fingerprint density at radius 2 is 2.05 bits per heavy atom. The molecule has 3 rings (SSSR count).